The van der Waals surface area contributed by atoms with E-state index in [1.807, 2.05) is 6.07 Å². The van der Waals surface area contributed by atoms with Crippen molar-refractivity contribution in [1.82, 2.24) is 0 Å². The molecule has 20 heavy (non-hydrogen) atoms. The van der Waals surface area contributed by atoms with Crippen LogP contribution < -0.4 is 5.32 Å². The third kappa shape index (κ3) is 3.34. The summed E-state index contributed by atoms with van der Waals surface area (Å²) in [7, 11) is 0. The molecule has 0 unspecified atom stereocenters. The van der Waals surface area contributed by atoms with Crippen LogP contribution in [0.4, 0.5) is 10.1 Å². The Hall–Kier alpha value is -1.47. The number of hydrogen-bond donors (Lipinski definition) is 1. The molecule has 2 aromatic carbocycles. The minimum absolute atomic E-state index is 0.194. The summed E-state index contributed by atoms with van der Waals surface area (Å²) in [5.74, 6) is -0.498. The van der Waals surface area contributed by atoms with E-state index < -0.39 is 5.82 Å². The van der Waals surface area contributed by atoms with E-state index in [0.29, 0.717) is 22.8 Å². The molecular weight excluding hydrogens is 322 g/mol. The molecule has 0 radical (unpaired) electrons. The van der Waals surface area contributed by atoms with Gasteiger partial charge in [-0.25, -0.2) is 4.39 Å². The van der Waals surface area contributed by atoms with Crippen molar-refractivity contribution in [2.75, 3.05) is 5.32 Å². The van der Waals surface area contributed by atoms with Gasteiger partial charge in [0, 0.05) is 11.6 Å². The van der Waals surface area contributed by atoms with Crippen LogP contribution in [0.3, 0.4) is 0 Å². The predicted molar refractivity (Wildman–Crippen MR) is 79.9 cm³/mol. The van der Waals surface area contributed by atoms with Crippen LogP contribution in [0.1, 0.15) is 11.1 Å². The predicted octanol–water partition coefficient (Wildman–Crippen LogP) is 5.27. The molecule has 0 aliphatic carbocycles. The Bertz CT molecular complexity index is 672. The molecule has 6 heteroatoms. The van der Waals surface area contributed by atoms with Crippen molar-refractivity contribution >= 4 is 40.5 Å². The molecule has 2 nitrogen and oxygen atoms in total. The van der Waals surface area contributed by atoms with Crippen LogP contribution in [0, 0.1) is 17.1 Å². The highest BCUT2D eigenvalue weighted by molar-refractivity contribution is 6.39. The molecule has 0 atom stereocenters. The van der Waals surface area contributed by atoms with E-state index in [2.05, 4.69) is 5.32 Å². The zero-order valence-electron chi connectivity index (χ0n) is 10.1. The lowest BCUT2D eigenvalue weighted by molar-refractivity contribution is 0.628. The number of rotatable bonds is 3. The molecule has 1 N–H and O–H groups in total. The Labute approximate surface area is 130 Å². The minimum Gasteiger partial charge on any atom is -0.378 e. The van der Waals surface area contributed by atoms with E-state index in [1.54, 1.807) is 18.2 Å². The highest BCUT2D eigenvalue weighted by atomic mass is 35.5. The molecule has 102 valence electrons. The number of benzene rings is 2. The van der Waals surface area contributed by atoms with E-state index in [4.69, 9.17) is 40.1 Å². The second-order valence-electron chi connectivity index (χ2n) is 4.02. The van der Waals surface area contributed by atoms with E-state index in [-0.39, 0.29) is 10.0 Å². The first-order valence-corrected chi connectivity index (χ1v) is 6.71. The van der Waals surface area contributed by atoms with Gasteiger partial charge in [0.25, 0.3) is 0 Å². The van der Waals surface area contributed by atoms with Crippen molar-refractivity contribution in [1.29, 1.82) is 5.26 Å². The Morgan fingerprint density at radius 3 is 2.25 bits per heavy atom. The first kappa shape index (κ1) is 14.9. The normalized spacial score (nSPS) is 10.2. The Morgan fingerprint density at radius 2 is 1.70 bits per heavy atom. The molecule has 0 saturated carbocycles. The summed E-state index contributed by atoms with van der Waals surface area (Å²) in [6.45, 7) is 0.357. The van der Waals surface area contributed by atoms with Gasteiger partial charge in [-0.2, -0.15) is 5.26 Å². The van der Waals surface area contributed by atoms with Crippen LogP contribution in [0.2, 0.25) is 15.1 Å². The van der Waals surface area contributed by atoms with E-state index in [1.165, 1.54) is 12.1 Å². The van der Waals surface area contributed by atoms with E-state index in [9.17, 15) is 4.39 Å². The maximum absolute atomic E-state index is 13.1. The van der Waals surface area contributed by atoms with Crippen molar-refractivity contribution in [2.24, 2.45) is 0 Å². The summed E-state index contributed by atoms with van der Waals surface area (Å²) >= 11 is 17.9. The number of halogens is 4. The van der Waals surface area contributed by atoms with Crippen molar-refractivity contribution in [3.05, 3.63) is 62.3 Å². The maximum atomic E-state index is 13.1. The standard InChI is InChI=1S/C14H8Cl3FN2/c15-11-3-8(6-19)1-2-9(11)7-20-14-12(16)4-10(18)5-13(14)17/h1-5,20H,7H2. The summed E-state index contributed by atoms with van der Waals surface area (Å²) in [4.78, 5) is 0. The molecule has 0 heterocycles. The summed E-state index contributed by atoms with van der Waals surface area (Å²) in [5.41, 5.74) is 1.70. The fourth-order valence-electron chi connectivity index (χ4n) is 1.65. The van der Waals surface area contributed by atoms with Gasteiger partial charge in [0.05, 0.1) is 27.4 Å². The molecular formula is C14H8Cl3FN2. The van der Waals surface area contributed by atoms with Crippen LogP contribution in [0.15, 0.2) is 30.3 Å². The second-order valence-corrected chi connectivity index (χ2v) is 5.24. The number of nitrogens with one attached hydrogen (secondary N) is 1. The monoisotopic (exact) mass is 328 g/mol. The van der Waals surface area contributed by atoms with Crippen LogP contribution >= 0.6 is 34.8 Å². The molecule has 0 aliphatic rings. The van der Waals surface area contributed by atoms with Gasteiger partial charge in [0.1, 0.15) is 5.82 Å². The van der Waals surface area contributed by atoms with Gasteiger partial charge < -0.3 is 5.32 Å². The smallest absolute Gasteiger partial charge is 0.126 e. The highest BCUT2D eigenvalue weighted by Gasteiger charge is 2.09. The fourth-order valence-corrected chi connectivity index (χ4v) is 2.50. The summed E-state index contributed by atoms with van der Waals surface area (Å²) in [5, 5.41) is 12.6. The maximum Gasteiger partial charge on any atom is 0.126 e. The van der Waals surface area contributed by atoms with Crippen LogP contribution in [0.5, 0.6) is 0 Å². The Morgan fingerprint density at radius 1 is 1.05 bits per heavy atom. The quantitative estimate of drug-likeness (QED) is 0.832. The molecule has 0 saturated heterocycles. The third-order valence-electron chi connectivity index (χ3n) is 2.64. The van der Waals surface area contributed by atoms with Gasteiger partial charge in [-0.15, -0.1) is 0 Å². The Balaban J connectivity index is 2.20. The van der Waals surface area contributed by atoms with Crippen molar-refractivity contribution < 1.29 is 4.39 Å². The minimum atomic E-state index is -0.498. The summed E-state index contributed by atoms with van der Waals surface area (Å²) < 4.78 is 13.1. The van der Waals surface area contributed by atoms with Crippen molar-refractivity contribution in [2.45, 2.75) is 6.54 Å². The van der Waals surface area contributed by atoms with Gasteiger partial charge in [-0.1, -0.05) is 40.9 Å². The number of hydrogen-bond acceptors (Lipinski definition) is 2. The highest BCUT2D eigenvalue weighted by Crippen LogP contribution is 2.32. The van der Waals surface area contributed by atoms with Crippen LogP contribution in [0.25, 0.3) is 0 Å². The van der Waals surface area contributed by atoms with Gasteiger partial charge in [0.2, 0.25) is 0 Å². The van der Waals surface area contributed by atoms with Crippen LogP contribution in [-0.2, 0) is 6.54 Å². The van der Waals surface area contributed by atoms with Gasteiger partial charge in [-0.3, -0.25) is 0 Å². The second kappa shape index (κ2) is 6.32. The average molecular weight is 330 g/mol. The van der Waals surface area contributed by atoms with Crippen molar-refractivity contribution in [3.63, 3.8) is 0 Å². The average Bonchev–Trinajstić information content (AvgIpc) is 2.39. The molecule has 0 spiro atoms. The zero-order chi connectivity index (χ0) is 14.7. The largest absolute Gasteiger partial charge is 0.378 e. The molecule has 0 fully saturated rings. The van der Waals surface area contributed by atoms with Crippen molar-refractivity contribution in [3.8, 4) is 6.07 Å². The third-order valence-corrected chi connectivity index (χ3v) is 3.59. The van der Waals surface area contributed by atoms with Gasteiger partial charge in [0.15, 0.2) is 0 Å². The molecule has 2 aromatic rings. The van der Waals surface area contributed by atoms with Gasteiger partial charge >= 0.3 is 0 Å². The lowest BCUT2D eigenvalue weighted by atomic mass is 10.1. The first-order valence-electron chi connectivity index (χ1n) is 5.58. The fraction of sp³-hybridized carbons (Fsp3) is 0.0714. The van der Waals surface area contributed by atoms with E-state index in [0.717, 1.165) is 5.56 Å². The molecule has 0 bridgehead atoms. The van der Waals surface area contributed by atoms with Crippen LogP contribution in [-0.4, -0.2) is 0 Å². The SMILES string of the molecule is N#Cc1ccc(CNc2c(Cl)cc(F)cc2Cl)c(Cl)c1. The number of nitriles is 1. The molecule has 0 aromatic heterocycles. The zero-order valence-corrected chi connectivity index (χ0v) is 12.3. The van der Waals surface area contributed by atoms with Gasteiger partial charge in [-0.05, 0) is 29.8 Å². The lowest BCUT2D eigenvalue weighted by Crippen LogP contribution is -2.02. The van der Waals surface area contributed by atoms with E-state index >= 15 is 0 Å². The summed E-state index contributed by atoms with van der Waals surface area (Å²) in [6.07, 6.45) is 0. The molecule has 0 aliphatic heterocycles. The summed E-state index contributed by atoms with van der Waals surface area (Å²) in [6, 6.07) is 9.33. The first-order chi connectivity index (χ1) is 9.51. The molecule has 2 rings (SSSR count). The molecule has 0 amide bonds. The number of anilines is 1. The Kier molecular flexibility index (Phi) is 4.72. The lowest BCUT2D eigenvalue weighted by Gasteiger charge is -2.11. The topological polar surface area (TPSA) is 35.8 Å². The number of nitrogens with zero attached hydrogens (tertiary/aromatic N) is 1.